The van der Waals surface area contributed by atoms with Crippen molar-refractivity contribution in [1.29, 1.82) is 5.26 Å². The first-order valence-corrected chi connectivity index (χ1v) is 7.86. The molecule has 3 nitrogen and oxygen atoms in total. The summed E-state index contributed by atoms with van der Waals surface area (Å²) >= 11 is 11.5. The molecule has 0 atom stereocenters. The zero-order chi connectivity index (χ0) is 17.1. The van der Waals surface area contributed by atoms with Crippen LogP contribution in [-0.2, 0) is 13.2 Å². The number of aromatic nitrogens is 1. The second kappa shape index (κ2) is 7.22. The summed E-state index contributed by atoms with van der Waals surface area (Å²) in [5.74, 6) is -0.328. The van der Waals surface area contributed by atoms with Gasteiger partial charge in [0.05, 0.1) is 12.2 Å². The van der Waals surface area contributed by atoms with Crippen molar-refractivity contribution < 1.29 is 4.39 Å². The van der Waals surface area contributed by atoms with E-state index in [-0.39, 0.29) is 5.82 Å². The highest BCUT2D eigenvalue weighted by Gasteiger charge is 2.12. The first kappa shape index (κ1) is 17.6. The molecule has 0 aliphatic rings. The minimum absolute atomic E-state index is 0.328. The van der Waals surface area contributed by atoms with Crippen molar-refractivity contribution in [3.8, 4) is 6.07 Å². The van der Waals surface area contributed by atoms with Gasteiger partial charge < -0.3 is 4.57 Å². The summed E-state index contributed by atoms with van der Waals surface area (Å²) in [6, 6.07) is 8.73. The average Bonchev–Trinajstić information content (AvgIpc) is 2.48. The third kappa shape index (κ3) is 3.78. The van der Waals surface area contributed by atoms with Gasteiger partial charge in [-0.15, -0.1) is 0 Å². The fourth-order valence-electron chi connectivity index (χ4n) is 2.48. The van der Waals surface area contributed by atoms with Gasteiger partial charge in [0.15, 0.2) is 0 Å². The van der Waals surface area contributed by atoms with Crippen molar-refractivity contribution in [2.75, 3.05) is 7.05 Å². The Kier molecular flexibility index (Phi) is 5.53. The smallest absolute Gasteiger partial charge is 0.129 e. The molecule has 0 spiro atoms. The van der Waals surface area contributed by atoms with Crippen LogP contribution < -0.4 is 0 Å². The van der Waals surface area contributed by atoms with Crippen LogP contribution in [0.25, 0.3) is 0 Å². The Morgan fingerprint density at radius 1 is 1.39 bits per heavy atom. The molecule has 0 radical (unpaired) electrons. The molecule has 2 aromatic rings. The summed E-state index contributed by atoms with van der Waals surface area (Å²) in [5.41, 5.74) is 2.78. The molecular weight excluding hydrogens is 333 g/mol. The number of hydrogen-bond acceptors (Lipinski definition) is 3. The van der Waals surface area contributed by atoms with Gasteiger partial charge in [-0.1, -0.05) is 29.9 Å². The number of benzene rings is 1. The largest absolute Gasteiger partial charge is 0.322 e. The summed E-state index contributed by atoms with van der Waals surface area (Å²) in [6.07, 6.45) is 0. The second-order valence-corrected chi connectivity index (χ2v) is 6.34. The van der Waals surface area contributed by atoms with E-state index in [1.807, 2.05) is 36.4 Å². The highest BCUT2D eigenvalue weighted by molar-refractivity contribution is 7.71. The lowest BCUT2D eigenvalue weighted by molar-refractivity contribution is 0.252. The first-order chi connectivity index (χ1) is 10.8. The van der Waals surface area contributed by atoms with Gasteiger partial charge in [-0.3, -0.25) is 4.90 Å². The molecule has 0 aliphatic carbocycles. The number of nitrogens with zero attached hydrogens (tertiary/aromatic N) is 3. The highest BCUT2D eigenvalue weighted by atomic mass is 35.5. The fourth-order valence-corrected chi connectivity index (χ4v) is 3.11. The number of hydrogen-bond donors (Lipinski definition) is 0. The van der Waals surface area contributed by atoms with Crippen LogP contribution in [0.15, 0.2) is 24.3 Å². The molecule has 1 aromatic heterocycles. The number of aryl methyl sites for hydroxylation is 2. The number of pyridine rings is 1. The predicted octanol–water partition coefficient (Wildman–Crippen LogP) is 4.59. The van der Waals surface area contributed by atoms with Crippen molar-refractivity contribution in [3.63, 3.8) is 0 Å². The van der Waals surface area contributed by atoms with Gasteiger partial charge >= 0.3 is 0 Å². The van der Waals surface area contributed by atoms with Crippen LogP contribution in [0, 0.1) is 35.6 Å². The van der Waals surface area contributed by atoms with Crippen LogP contribution in [0.1, 0.15) is 22.4 Å². The molecular formula is C17H17ClFN3S. The molecule has 0 saturated heterocycles. The molecule has 6 heteroatoms. The molecule has 0 bridgehead atoms. The van der Waals surface area contributed by atoms with Crippen molar-refractivity contribution in [1.82, 2.24) is 9.47 Å². The van der Waals surface area contributed by atoms with E-state index in [4.69, 9.17) is 23.8 Å². The van der Waals surface area contributed by atoms with Crippen molar-refractivity contribution in [2.45, 2.75) is 27.1 Å². The van der Waals surface area contributed by atoms with E-state index in [9.17, 15) is 9.65 Å². The Bertz CT molecular complexity index is 819. The van der Waals surface area contributed by atoms with E-state index in [0.29, 0.717) is 34.0 Å². The molecule has 0 N–H and O–H groups in total. The Hall–Kier alpha value is -1.74. The van der Waals surface area contributed by atoms with Gasteiger partial charge in [-0.25, -0.2) is 4.39 Å². The first-order valence-electron chi connectivity index (χ1n) is 7.07. The summed E-state index contributed by atoms with van der Waals surface area (Å²) in [6.45, 7) is 4.61. The number of rotatable bonds is 4. The molecule has 1 aromatic carbocycles. The van der Waals surface area contributed by atoms with Crippen molar-refractivity contribution in [3.05, 3.63) is 62.1 Å². The Morgan fingerprint density at radius 3 is 2.70 bits per heavy atom. The molecule has 120 valence electrons. The van der Waals surface area contributed by atoms with Crippen LogP contribution in [0.3, 0.4) is 0 Å². The van der Waals surface area contributed by atoms with E-state index in [1.54, 1.807) is 12.1 Å². The van der Waals surface area contributed by atoms with Crippen LogP contribution in [0.2, 0.25) is 5.02 Å². The molecule has 0 unspecified atom stereocenters. The van der Waals surface area contributed by atoms with Gasteiger partial charge in [-0.05, 0) is 44.7 Å². The van der Waals surface area contributed by atoms with Gasteiger partial charge in [-0.2, -0.15) is 5.26 Å². The second-order valence-electron chi connectivity index (χ2n) is 5.54. The topological polar surface area (TPSA) is 32.0 Å². The van der Waals surface area contributed by atoms with E-state index in [0.717, 1.165) is 11.3 Å². The monoisotopic (exact) mass is 349 g/mol. The Morgan fingerprint density at radius 2 is 2.09 bits per heavy atom. The number of nitriles is 1. The molecule has 0 fully saturated rings. The maximum Gasteiger partial charge on any atom is 0.129 e. The van der Waals surface area contributed by atoms with Crippen LogP contribution >= 0.6 is 23.8 Å². The molecule has 2 rings (SSSR count). The van der Waals surface area contributed by atoms with E-state index >= 15 is 0 Å². The lowest BCUT2D eigenvalue weighted by Gasteiger charge is -2.22. The Balaban J connectivity index is 2.30. The SMILES string of the molecule is Cc1cc(C)n(CN(C)Cc2c(F)cccc2Cl)c(=S)c1C#N. The molecule has 23 heavy (non-hydrogen) atoms. The predicted molar refractivity (Wildman–Crippen MR) is 92.3 cm³/mol. The summed E-state index contributed by atoms with van der Waals surface area (Å²) in [7, 11) is 1.86. The van der Waals surface area contributed by atoms with E-state index < -0.39 is 0 Å². The highest BCUT2D eigenvalue weighted by Crippen LogP contribution is 2.21. The summed E-state index contributed by atoms with van der Waals surface area (Å²) < 4.78 is 16.3. The quantitative estimate of drug-likeness (QED) is 0.757. The van der Waals surface area contributed by atoms with Gasteiger partial charge in [0.25, 0.3) is 0 Å². The zero-order valence-electron chi connectivity index (χ0n) is 13.2. The van der Waals surface area contributed by atoms with E-state index in [2.05, 4.69) is 6.07 Å². The normalized spacial score (nSPS) is 10.8. The van der Waals surface area contributed by atoms with Crippen LogP contribution in [0.4, 0.5) is 4.39 Å². The zero-order valence-corrected chi connectivity index (χ0v) is 14.8. The molecule has 0 aliphatic heterocycles. The third-order valence-corrected chi connectivity index (χ3v) is 4.47. The molecule has 0 saturated carbocycles. The van der Waals surface area contributed by atoms with Gasteiger partial charge in [0, 0.05) is 22.8 Å². The fraction of sp³-hybridized carbons (Fsp3) is 0.294. The third-order valence-electron chi connectivity index (χ3n) is 3.69. The minimum Gasteiger partial charge on any atom is -0.322 e. The standard InChI is InChI=1S/C17H17ClFN3S/c1-11-7-12(2)22(17(23)13(11)8-20)10-21(3)9-14-15(18)5-4-6-16(14)19/h4-7H,9-10H2,1-3H3. The van der Waals surface area contributed by atoms with Gasteiger partial charge in [0.1, 0.15) is 16.5 Å². The molecule has 0 amide bonds. The lowest BCUT2D eigenvalue weighted by atomic mass is 10.1. The van der Waals surface area contributed by atoms with Crippen LogP contribution in [0.5, 0.6) is 0 Å². The van der Waals surface area contributed by atoms with Crippen LogP contribution in [-0.4, -0.2) is 16.5 Å². The Labute approximate surface area is 145 Å². The maximum absolute atomic E-state index is 13.9. The summed E-state index contributed by atoms with van der Waals surface area (Å²) in [5, 5.41) is 9.65. The average molecular weight is 350 g/mol. The van der Waals surface area contributed by atoms with Crippen molar-refractivity contribution >= 4 is 23.8 Å². The van der Waals surface area contributed by atoms with Crippen molar-refractivity contribution in [2.24, 2.45) is 0 Å². The number of halogens is 2. The lowest BCUT2D eigenvalue weighted by Crippen LogP contribution is -2.24. The van der Waals surface area contributed by atoms with Gasteiger partial charge in [0.2, 0.25) is 0 Å². The van der Waals surface area contributed by atoms with E-state index in [1.165, 1.54) is 6.07 Å². The molecule has 1 heterocycles. The maximum atomic E-state index is 13.9. The minimum atomic E-state index is -0.328. The summed E-state index contributed by atoms with van der Waals surface area (Å²) in [4.78, 5) is 1.91.